The summed E-state index contributed by atoms with van der Waals surface area (Å²) in [6, 6.07) is 20.1. The highest BCUT2D eigenvalue weighted by Gasteiger charge is 2.38. The van der Waals surface area contributed by atoms with Gasteiger partial charge in [0.25, 0.3) is 0 Å². The summed E-state index contributed by atoms with van der Waals surface area (Å²) in [5.74, 6) is -2.32. The number of alkyl halides is 3. The van der Waals surface area contributed by atoms with Gasteiger partial charge in [-0.25, -0.2) is 9.78 Å². The lowest BCUT2D eigenvalue weighted by molar-refractivity contribution is -0.192. The van der Waals surface area contributed by atoms with Crippen LogP contribution in [0, 0.1) is 0 Å². The van der Waals surface area contributed by atoms with Gasteiger partial charge in [0.05, 0.1) is 13.0 Å². The fraction of sp³-hybridized carbons (Fsp3) is 0.207. The average molecular weight is 569 g/mol. The maximum absolute atomic E-state index is 11.8. The SMILES string of the molecule is O=C(O)C(F)(F)F.O=C(O)CC(c1cccc2ccccc12)c1c[nH]c2cc(OCCCNc3ncc[nH]3)ccc12. The number of carbonyl (C=O) groups is 2. The highest BCUT2D eigenvalue weighted by Crippen LogP contribution is 2.37. The molecule has 0 saturated heterocycles. The fourth-order valence-corrected chi connectivity index (χ4v) is 4.45. The van der Waals surface area contributed by atoms with E-state index in [4.69, 9.17) is 14.6 Å². The minimum atomic E-state index is -5.08. The zero-order valence-corrected chi connectivity index (χ0v) is 21.6. The first-order valence-electron chi connectivity index (χ1n) is 12.6. The second-order valence-corrected chi connectivity index (χ2v) is 9.04. The third-order valence-electron chi connectivity index (χ3n) is 6.26. The van der Waals surface area contributed by atoms with Gasteiger partial charge in [-0.3, -0.25) is 4.79 Å². The Hall–Kier alpha value is -5.00. The number of ether oxygens (including phenoxy) is 1. The lowest BCUT2D eigenvalue weighted by Gasteiger charge is -2.18. The van der Waals surface area contributed by atoms with E-state index in [1.807, 2.05) is 48.7 Å². The minimum absolute atomic E-state index is 0.0158. The molecule has 0 aliphatic heterocycles. The Morgan fingerprint density at radius 1 is 0.976 bits per heavy atom. The number of benzene rings is 3. The summed E-state index contributed by atoms with van der Waals surface area (Å²) in [7, 11) is 0. The van der Waals surface area contributed by atoms with Crippen LogP contribution in [0.5, 0.6) is 5.75 Å². The molecule has 0 aliphatic carbocycles. The number of hydrogen-bond acceptors (Lipinski definition) is 5. The van der Waals surface area contributed by atoms with Crippen LogP contribution in [-0.4, -0.2) is 56.4 Å². The summed E-state index contributed by atoms with van der Waals surface area (Å²) in [4.78, 5) is 31.2. The van der Waals surface area contributed by atoms with E-state index in [2.05, 4.69) is 38.5 Å². The summed E-state index contributed by atoms with van der Waals surface area (Å²) in [5.41, 5.74) is 2.92. The van der Waals surface area contributed by atoms with Crippen LogP contribution in [0.4, 0.5) is 19.1 Å². The standard InChI is InChI=1S/C27H26N4O3.C2HF3O2/c32-26(33)16-23(21-8-3-6-18-5-1-2-7-20(18)21)24-17-31-25-15-19(9-10-22(24)25)34-14-4-11-28-27-29-12-13-30-27;3-2(4,5)1(6)7/h1-3,5-10,12-13,15,17,23,31H,4,11,14,16H2,(H,32,33)(H2,28,29,30);(H,6,7). The molecule has 41 heavy (non-hydrogen) atoms. The molecule has 0 aliphatic rings. The fourth-order valence-electron chi connectivity index (χ4n) is 4.45. The molecule has 3 aromatic carbocycles. The summed E-state index contributed by atoms with van der Waals surface area (Å²) >= 11 is 0. The Morgan fingerprint density at radius 3 is 2.44 bits per heavy atom. The molecular formula is C29H27F3N4O5. The van der Waals surface area contributed by atoms with Crippen LogP contribution in [0.1, 0.15) is 29.9 Å². The number of imidazole rings is 1. The van der Waals surface area contributed by atoms with Crippen LogP contribution < -0.4 is 10.1 Å². The van der Waals surface area contributed by atoms with Gasteiger partial charge in [-0.1, -0.05) is 42.5 Å². The van der Waals surface area contributed by atoms with E-state index in [0.29, 0.717) is 6.61 Å². The molecule has 1 unspecified atom stereocenters. The topological polar surface area (TPSA) is 140 Å². The smallest absolute Gasteiger partial charge is 0.490 e. The highest BCUT2D eigenvalue weighted by molar-refractivity contribution is 5.90. The summed E-state index contributed by atoms with van der Waals surface area (Å²) in [5, 5.41) is 23.2. The molecule has 5 rings (SSSR count). The van der Waals surface area contributed by atoms with E-state index < -0.39 is 18.1 Å². The molecule has 0 spiro atoms. The van der Waals surface area contributed by atoms with Crippen LogP contribution in [-0.2, 0) is 9.59 Å². The third-order valence-corrected chi connectivity index (χ3v) is 6.26. The molecule has 5 N–H and O–H groups in total. The zero-order chi connectivity index (χ0) is 29.4. The zero-order valence-electron chi connectivity index (χ0n) is 21.6. The van der Waals surface area contributed by atoms with E-state index >= 15 is 0 Å². The van der Waals surface area contributed by atoms with E-state index in [9.17, 15) is 23.1 Å². The van der Waals surface area contributed by atoms with Gasteiger partial charge in [0.15, 0.2) is 5.95 Å². The number of aromatic amines is 2. The van der Waals surface area contributed by atoms with Gasteiger partial charge in [-0.15, -0.1) is 0 Å². The molecule has 214 valence electrons. The van der Waals surface area contributed by atoms with Crippen molar-refractivity contribution in [3.63, 3.8) is 0 Å². The molecule has 0 saturated carbocycles. The van der Waals surface area contributed by atoms with Crippen molar-refractivity contribution < 1.29 is 37.7 Å². The van der Waals surface area contributed by atoms with E-state index in [1.165, 1.54) is 0 Å². The van der Waals surface area contributed by atoms with Crippen LogP contribution >= 0.6 is 0 Å². The van der Waals surface area contributed by atoms with Gasteiger partial charge in [0.2, 0.25) is 0 Å². The van der Waals surface area contributed by atoms with Crippen molar-refractivity contribution in [2.45, 2.75) is 24.9 Å². The number of nitrogens with one attached hydrogen (secondary N) is 3. The van der Waals surface area contributed by atoms with Crippen LogP contribution in [0.25, 0.3) is 21.7 Å². The van der Waals surface area contributed by atoms with Gasteiger partial charge in [0, 0.05) is 48.0 Å². The van der Waals surface area contributed by atoms with Crippen LogP contribution in [0.2, 0.25) is 0 Å². The van der Waals surface area contributed by atoms with Crippen molar-refractivity contribution >= 4 is 39.6 Å². The molecular weight excluding hydrogens is 541 g/mol. The van der Waals surface area contributed by atoms with Gasteiger partial charge in [0.1, 0.15) is 5.75 Å². The first kappa shape index (κ1) is 29.0. The molecule has 5 aromatic rings. The molecule has 12 heteroatoms. The van der Waals surface area contributed by atoms with Crippen molar-refractivity contribution in [3.05, 3.63) is 90.4 Å². The van der Waals surface area contributed by atoms with E-state index in [-0.39, 0.29) is 12.3 Å². The van der Waals surface area contributed by atoms with Crippen molar-refractivity contribution in [1.29, 1.82) is 0 Å². The Morgan fingerprint density at radius 2 is 1.73 bits per heavy atom. The molecule has 2 aromatic heterocycles. The van der Waals surface area contributed by atoms with Crippen molar-refractivity contribution in [2.24, 2.45) is 0 Å². The first-order valence-corrected chi connectivity index (χ1v) is 12.6. The molecule has 9 nitrogen and oxygen atoms in total. The van der Waals surface area contributed by atoms with Crippen molar-refractivity contribution in [1.82, 2.24) is 15.0 Å². The van der Waals surface area contributed by atoms with Crippen LogP contribution in [0.3, 0.4) is 0 Å². The molecule has 0 amide bonds. The lowest BCUT2D eigenvalue weighted by Crippen LogP contribution is -2.21. The largest absolute Gasteiger partial charge is 0.493 e. The second kappa shape index (κ2) is 12.9. The van der Waals surface area contributed by atoms with Gasteiger partial charge < -0.3 is 30.2 Å². The Kier molecular flexibility index (Phi) is 9.12. The number of aromatic nitrogens is 3. The highest BCUT2D eigenvalue weighted by atomic mass is 19.4. The third kappa shape index (κ3) is 7.56. The lowest BCUT2D eigenvalue weighted by atomic mass is 9.85. The molecule has 1 atom stereocenters. The molecule has 0 bridgehead atoms. The Bertz CT molecular complexity index is 1610. The number of hydrogen-bond donors (Lipinski definition) is 5. The summed E-state index contributed by atoms with van der Waals surface area (Å²) in [6.45, 7) is 1.33. The van der Waals surface area contributed by atoms with Gasteiger partial charge in [-0.2, -0.15) is 13.2 Å². The second-order valence-electron chi connectivity index (χ2n) is 9.04. The summed E-state index contributed by atoms with van der Waals surface area (Å²) < 4.78 is 37.7. The van der Waals surface area contributed by atoms with Gasteiger partial charge in [-0.05, 0) is 40.5 Å². The molecule has 0 radical (unpaired) electrons. The molecule has 2 heterocycles. The predicted octanol–water partition coefficient (Wildman–Crippen LogP) is 6.17. The number of nitrogens with zero attached hydrogens (tertiary/aromatic N) is 1. The normalized spacial score (nSPS) is 12.0. The maximum Gasteiger partial charge on any atom is 0.490 e. The van der Waals surface area contributed by atoms with Gasteiger partial charge >= 0.3 is 18.1 Å². The number of fused-ring (bicyclic) bond motifs is 2. The first-order chi connectivity index (χ1) is 19.6. The quantitative estimate of drug-likeness (QED) is 0.127. The summed E-state index contributed by atoms with van der Waals surface area (Å²) in [6.07, 6.45) is 1.18. The van der Waals surface area contributed by atoms with E-state index in [0.717, 1.165) is 57.5 Å². The number of carboxylic acids is 2. The number of aliphatic carboxylic acids is 2. The number of carboxylic acid groups (broad SMARTS) is 2. The van der Waals surface area contributed by atoms with Crippen molar-refractivity contribution in [3.8, 4) is 5.75 Å². The number of H-pyrrole nitrogens is 2. The number of anilines is 1. The average Bonchev–Trinajstić information content (AvgIpc) is 3.61. The van der Waals surface area contributed by atoms with Crippen molar-refractivity contribution in [2.75, 3.05) is 18.5 Å². The molecule has 0 fully saturated rings. The maximum atomic E-state index is 11.8. The Labute approximate surface area is 232 Å². The minimum Gasteiger partial charge on any atom is -0.493 e. The number of halogens is 3. The Balaban J connectivity index is 0.000000493. The number of rotatable bonds is 10. The van der Waals surface area contributed by atoms with E-state index in [1.54, 1.807) is 12.4 Å². The monoisotopic (exact) mass is 568 g/mol. The predicted molar refractivity (Wildman–Crippen MR) is 147 cm³/mol. The van der Waals surface area contributed by atoms with Crippen LogP contribution in [0.15, 0.2) is 79.3 Å².